The highest BCUT2D eigenvalue weighted by atomic mass is 16.1. The van der Waals surface area contributed by atoms with Gasteiger partial charge < -0.3 is 5.73 Å². The fourth-order valence-corrected chi connectivity index (χ4v) is 2.01. The zero-order valence-corrected chi connectivity index (χ0v) is 10.9. The molecule has 0 bridgehead atoms. The van der Waals surface area contributed by atoms with Crippen molar-refractivity contribution in [3.8, 4) is 0 Å². The Morgan fingerprint density at radius 1 is 0.947 bits per heavy atom. The molecule has 19 heavy (non-hydrogen) atoms. The predicted octanol–water partition coefficient (Wildman–Crippen LogP) is 2.24. The molecule has 0 aliphatic rings. The molecule has 0 fully saturated rings. The molecule has 2 aromatic rings. The number of carbonyl (C=O) groups is 1. The normalized spacial score (nSPS) is 12.3. The maximum Gasteiger partial charge on any atom is 0.234 e. The van der Waals surface area contributed by atoms with Crippen LogP contribution in [0.5, 0.6) is 0 Å². The van der Waals surface area contributed by atoms with E-state index in [4.69, 9.17) is 5.73 Å². The van der Waals surface area contributed by atoms with Crippen molar-refractivity contribution >= 4 is 5.91 Å². The van der Waals surface area contributed by atoms with Crippen LogP contribution in [-0.4, -0.2) is 11.9 Å². The van der Waals surface area contributed by atoms with E-state index < -0.39 is 0 Å². The summed E-state index contributed by atoms with van der Waals surface area (Å²) >= 11 is 0. The topological polar surface area (TPSA) is 55.1 Å². The van der Waals surface area contributed by atoms with Crippen LogP contribution < -0.4 is 11.1 Å². The number of primary amides is 1. The zero-order valence-electron chi connectivity index (χ0n) is 10.9. The molecule has 0 aliphatic carbocycles. The first-order valence-electron chi connectivity index (χ1n) is 6.33. The minimum Gasteiger partial charge on any atom is -0.368 e. The zero-order chi connectivity index (χ0) is 13.7. The van der Waals surface area contributed by atoms with Gasteiger partial charge >= 0.3 is 0 Å². The molecule has 0 radical (unpaired) electrons. The van der Waals surface area contributed by atoms with Crippen LogP contribution >= 0.6 is 0 Å². The van der Waals surface area contributed by atoms with E-state index >= 15 is 0 Å². The highest BCUT2D eigenvalue weighted by Gasteiger charge is 2.18. The van der Waals surface area contributed by atoms with Crippen LogP contribution in [0.4, 0.5) is 0 Å². The van der Waals surface area contributed by atoms with Gasteiger partial charge in [0.15, 0.2) is 0 Å². The third kappa shape index (κ3) is 3.42. The summed E-state index contributed by atoms with van der Waals surface area (Å²) in [6.45, 7) is 1.78. The molecule has 1 atom stereocenters. The van der Waals surface area contributed by atoms with Gasteiger partial charge in [-0.3, -0.25) is 10.1 Å². The summed E-state index contributed by atoms with van der Waals surface area (Å²) in [6, 6.07) is 19.6. The van der Waals surface area contributed by atoms with E-state index in [1.807, 2.05) is 60.7 Å². The Morgan fingerprint density at radius 2 is 1.37 bits per heavy atom. The highest BCUT2D eigenvalue weighted by Crippen LogP contribution is 2.22. The Hall–Kier alpha value is -2.13. The molecule has 2 aromatic carbocycles. The van der Waals surface area contributed by atoms with Crippen LogP contribution in [0.2, 0.25) is 0 Å². The number of benzene rings is 2. The van der Waals surface area contributed by atoms with Gasteiger partial charge in [0.2, 0.25) is 5.91 Å². The number of hydrogen-bond acceptors (Lipinski definition) is 2. The van der Waals surface area contributed by atoms with Crippen molar-refractivity contribution < 1.29 is 4.79 Å². The van der Waals surface area contributed by atoms with Gasteiger partial charge in [-0.05, 0) is 18.1 Å². The molecule has 3 nitrogen and oxygen atoms in total. The molecule has 0 saturated carbocycles. The molecule has 0 aliphatic heterocycles. The van der Waals surface area contributed by atoms with Crippen LogP contribution in [0, 0.1) is 0 Å². The summed E-state index contributed by atoms with van der Waals surface area (Å²) in [4.78, 5) is 11.3. The summed E-state index contributed by atoms with van der Waals surface area (Å²) in [5, 5.41) is 3.27. The second-order valence-corrected chi connectivity index (χ2v) is 4.55. The number of nitrogens with two attached hydrogens (primary N) is 1. The smallest absolute Gasteiger partial charge is 0.234 e. The van der Waals surface area contributed by atoms with Crippen molar-refractivity contribution in [3.05, 3.63) is 71.8 Å². The minimum absolute atomic E-state index is 0.0371. The van der Waals surface area contributed by atoms with Crippen LogP contribution in [0.15, 0.2) is 60.7 Å². The summed E-state index contributed by atoms with van der Waals surface area (Å²) in [5.74, 6) is -0.350. The highest BCUT2D eigenvalue weighted by molar-refractivity contribution is 5.79. The van der Waals surface area contributed by atoms with E-state index in [1.54, 1.807) is 6.92 Å². The van der Waals surface area contributed by atoms with Crippen LogP contribution in [0.1, 0.15) is 24.1 Å². The Bertz CT molecular complexity index is 485. The van der Waals surface area contributed by atoms with Gasteiger partial charge in [-0.15, -0.1) is 0 Å². The van der Waals surface area contributed by atoms with E-state index in [-0.39, 0.29) is 18.0 Å². The van der Waals surface area contributed by atoms with Crippen molar-refractivity contribution in [1.82, 2.24) is 5.32 Å². The fourth-order valence-electron chi connectivity index (χ4n) is 2.01. The maximum absolute atomic E-state index is 11.3. The van der Waals surface area contributed by atoms with E-state index in [2.05, 4.69) is 5.32 Å². The van der Waals surface area contributed by atoms with Crippen LogP contribution in [0.3, 0.4) is 0 Å². The number of carbonyl (C=O) groups excluding carboxylic acids is 1. The lowest BCUT2D eigenvalue weighted by Crippen LogP contribution is -2.41. The molecule has 3 N–H and O–H groups in total. The van der Waals surface area contributed by atoms with E-state index in [9.17, 15) is 4.79 Å². The third-order valence-corrected chi connectivity index (χ3v) is 3.11. The van der Waals surface area contributed by atoms with Gasteiger partial charge in [-0.25, -0.2) is 0 Å². The first-order valence-corrected chi connectivity index (χ1v) is 6.33. The maximum atomic E-state index is 11.3. The second kappa shape index (κ2) is 6.16. The summed E-state index contributed by atoms with van der Waals surface area (Å²) in [6.07, 6.45) is 0. The van der Waals surface area contributed by atoms with E-state index in [0.717, 1.165) is 11.1 Å². The standard InChI is InChI=1S/C16H18N2O/c1-12(16(17)19)18-15(13-8-4-2-5-9-13)14-10-6-3-7-11-14/h2-12,15,18H,1H3,(H2,17,19)/t12-/m0/s1. The Labute approximate surface area is 113 Å². The molecule has 0 heterocycles. The van der Waals surface area contributed by atoms with E-state index in [0.29, 0.717) is 0 Å². The Kier molecular flexibility index (Phi) is 4.31. The van der Waals surface area contributed by atoms with Crippen LogP contribution in [-0.2, 0) is 4.79 Å². The molecule has 0 spiro atoms. The lowest BCUT2D eigenvalue weighted by Gasteiger charge is -2.22. The molecule has 98 valence electrons. The predicted molar refractivity (Wildman–Crippen MR) is 76.5 cm³/mol. The quantitative estimate of drug-likeness (QED) is 0.859. The van der Waals surface area contributed by atoms with Gasteiger partial charge in [0, 0.05) is 0 Å². The van der Waals surface area contributed by atoms with Crippen molar-refractivity contribution in [2.45, 2.75) is 19.0 Å². The van der Waals surface area contributed by atoms with Crippen molar-refractivity contribution in [2.75, 3.05) is 0 Å². The molecule has 0 saturated heterocycles. The van der Waals surface area contributed by atoms with Crippen molar-refractivity contribution in [1.29, 1.82) is 0 Å². The van der Waals surface area contributed by atoms with Gasteiger partial charge in [0.1, 0.15) is 0 Å². The van der Waals surface area contributed by atoms with E-state index in [1.165, 1.54) is 0 Å². The average molecular weight is 254 g/mol. The van der Waals surface area contributed by atoms with Gasteiger partial charge in [0.25, 0.3) is 0 Å². The van der Waals surface area contributed by atoms with Gasteiger partial charge in [-0.1, -0.05) is 60.7 Å². The average Bonchev–Trinajstić information content (AvgIpc) is 2.46. The fraction of sp³-hybridized carbons (Fsp3) is 0.188. The number of hydrogen-bond donors (Lipinski definition) is 2. The molecule has 1 amide bonds. The molecule has 3 heteroatoms. The monoisotopic (exact) mass is 254 g/mol. The summed E-state index contributed by atoms with van der Waals surface area (Å²) in [7, 11) is 0. The molecular formula is C16H18N2O. The third-order valence-electron chi connectivity index (χ3n) is 3.11. The number of nitrogens with one attached hydrogen (secondary N) is 1. The second-order valence-electron chi connectivity index (χ2n) is 4.55. The minimum atomic E-state index is -0.384. The Balaban J connectivity index is 2.32. The number of amides is 1. The van der Waals surface area contributed by atoms with Gasteiger partial charge in [-0.2, -0.15) is 0 Å². The van der Waals surface area contributed by atoms with Gasteiger partial charge in [0.05, 0.1) is 12.1 Å². The molecular weight excluding hydrogens is 236 g/mol. The molecule has 0 unspecified atom stereocenters. The SMILES string of the molecule is C[C@H](NC(c1ccccc1)c1ccccc1)C(N)=O. The summed E-state index contributed by atoms with van der Waals surface area (Å²) < 4.78 is 0. The van der Waals surface area contributed by atoms with Crippen molar-refractivity contribution in [3.63, 3.8) is 0 Å². The molecule has 2 rings (SSSR count). The lowest BCUT2D eigenvalue weighted by molar-refractivity contribution is -0.119. The number of rotatable bonds is 5. The van der Waals surface area contributed by atoms with Crippen molar-refractivity contribution in [2.24, 2.45) is 5.73 Å². The lowest BCUT2D eigenvalue weighted by atomic mass is 9.98. The first-order chi connectivity index (χ1) is 9.18. The van der Waals surface area contributed by atoms with Crippen LogP contribution in [0.25, 0.3) is 0 Å². The Morgan fingerprint density at radius 3 is 1.74 bits per heavy atom. The largest absolute Gasteiger partial charge is 0.368 e. The first kappa shape index (κ1) is 13.3. The molecule has 0 aromatic heterocycles. The summed E-state index contributed by atoms with van der Waals surface area (Å²) in [5.41, 5.74) is 7.56.